The molecule has 188 valence electrons. The predicted molar refractivity (Wildman–Crippen MR) is 122 cm³/mol. The molecule has 3 aromatic heterocycles. The predicted octanol–water partition coefficient (Wildman–Crippen LogP) is 4.20. The molecule has 0 bridgehead atoms. The van der Waals surface area contributed by atoms with Crippen LogP contribution in [0.15, 0.2) is 41.7 Å². The van der Waals surface area contributed by atoms with Crippen LogP contribution in [0, 0.1) is 0 Å². The summed E-state index contributed by atoms with van der Waals surface area (Å²) >= 11 is 0. The lowest BCUT2D eigenvalue weighted by Gasteiger charge is -2.19. The van der Waals surface area contributed by atoms with E-state index in [-0.39, 0.29) is 4.90 Å². The average Bonchev–Trinajstić information content (AvgIpc) is 3.21. The monoisotopic (exact) mass is 511 g/mol. The van der Waals surface area contributed by atoms with Crippen LogP contribution >= 0.6 is 0 Å². The number of halogens is 3. The van der Waals surface area contributed by atoms with Crippen molar-refractivity contribution in [2.24, 2.45) is 0 Å². The number of nitrogens with one attached hydrogen (secondary N) is 1. The molecule has 3 heterocycles. The molecule has 9 nitrogen and oxygen atoms in total. The Bertz CT molecular complexity index is 1300. The fourth-order valence-electron chi connectivity index (χ4n) is 3.73. The molecule has 4 N–H and O–H groups in total. The molecule has 1 aliphatic carbocycles. The molecule has 0 amide bonds. The summed E-state index contributed by atoms with van der Waals surface area (Å²) in [5.41, 5.74) is 9.32. The number of imidazole rings is 1. The maximum absolute atomic E-state index is 11.8. The van der Waals surface area contributed by atoms with Crippen molar-refractivity contribution in [1.29, 1.82) is 0 Å². The maximum atomic E-state index is 11.8. The van der Waals surface area contributed by atoms with E-state index in [0.29, 0.717) is 28.8 Å². The molecule has 0 saturated heterocycles. The van der Waals surface area contributed by atoms with Crippen LogP contribution in [0.1, 0.15) is 43.7 Å². The number of nitrogens with two attached hydrogens (primary N) is 1. The number of carbonyl (C=O) groups is 1. The molecule has 0 spiro atoms. The van der Waals surface area contributed by atoms with E-state index in [9.17, 15) is 21.6 Å². The molecule has 0 radical (unpaired) electrons. The number of carboxylic acids is 1. The Balaban J connectivity index is 0.000000429. The summed E-state index contributed by atoms with van der Waals surface area (Å²) in [7, 11) is -3.32. The first kappa shape index (κ1) is 26.1. The highest BCUT2D eigenvalue weighted by Crippen LogP contribution is 2.35. The molecule has 0 aliphatic heterocycles. The molecule has 1 saturated carbocycles. The van der Waals surface area contributed by atoms with Crippen molar-refractivity contribution in [1.82, 2.24) is 19.9 Å². The van der Waals surface area contributed by atoms with Gasteiger partial charge in [-0.05, 0) is 36.6 Å². The van der Waals surface area contributed by atoms with Gasteiger partial charge in [-0.3, -0.25) is 9.97 Å². The van der Waals surface area contributed by atoms with Crippen molar-refractivity contribution in [3.8, 4) is 22.6 Å². The molecule has 1 aliphatic rings. The van der Waals surface area contributed by atoms with Gasteiger partial charge in [-0.15, -0.1) is 0 Å². The number of aromatic nitrogens is 4. The highest BCUT2D eigenvalue weighted by atomic mass is 32.2. The molecule has 35 heavy (non-hydrogen) atoms. The zero-order valence-electron chi connectivity index (χ0n) is 18.7. The first-order valence-electron chi connectivity index (χ1n) is 10.6. The van der Waals surface area contributed by atoms with Crippen LogP contribution < -0.4 is 5.73 Å². The van der Waals surface area contributed by atoms with Gasteiger partial charge in [0.05, 0.1) is 10.6 Å². The molecular weight excluding hydrogens is 487 g/mol. The third-order valence-corrected chi connectivity index (χ3v) is 6.55. The quantitative estimate of drug-likeness (QED) is 0.471. The van der Waals surface area contributed by atoms with Gasteiger partial charge in [0.15, 0.2) is 15.7 Å². The first-order valence-corrected chi connectivity index (χ1v) is 12.5. The summed E-state index contributed by atoms with van der Waals surface area (Å²) in [5.74, 6) is -1.12. The zero-order valence-corrected chi connectivity index (χ0v) is 19.5. The minimum atomic E-state index is -5.08. The van der Waals surface area contributed by atoms with Crippen molar-refractivity contribution >= 4 is 21.6 Å². The summed E-state index contributed by atoms with van der Waals surface area (Å²) in [6, 6.07) is 5.30. The van der Waals surface area contributed by atoms with Gasteiger partial charge < -0.3 is 15.8 Å². The van der Waals surface area contributed by atoms with Crippen molar-refractivity contribution < 1.29 is 31.5 Å². The van der Waals surface area contributed by atoms with Gasteiger partial charge in [0.2, 0.25) is 0 Å². The second-order valence-electron chi connectivity index (χ2n) is 8.13. The van der Waals surface area contributed by atoms with E-state index in [1.54, 1.807) is 18.5 Å². The van der Waals surface area contributed by atoms with Crippen LogP contribution in [0.25, 0.3) is 22.6 Å². The van der Waals surface area contributed by atoms with Crippen molar-refractivity contribution in [2.75, 3.05) is 12.0 Å². The zero-order chi connectivity index (χ0) is 25.8. The number of rotatable bonds is 4. The van der Waals surface area contributed by atoms with E-state index in [2.05, 4.69) is 15.0 Å². The van der Waals surface area contributed by atoms with Crippen LogP contribution in [-0.2, 0) is 14.6 Å². The molecular formula is C22H24F3N5O4S. The second-order valence-corrected chi connectivity index (χ2v) is 10.1. The Kier molecular flexibility index (Phi) is 7.78. The second kappa shape index (κ2) is 10.4. The fourth-order valence-corrected chi connectivity index (χ4v) is 4.32. The lowest BCUT2D eigenvalue weighted by molar-refractivity contribution is -0.192. The highest BCUT2D eigenvalue weighted by molar-refractivity contribution is 7.90. The van der Waals surface area contributed by atoms with E-state index in [1.807, 2.05) is 12.1 Å². The maximum Gasteiger partial charge on any atom is 0.490 e. The summed E-state index contributed by atoms with van der Waals surface area (Å²) in [6.45, 7) is 0. The molecule has 13 heteroatoms. The number of anilines is 1. The number of nitrogens with zero attached hydrogens (tertiary/aromatic N) is 3. The Morgan fingerprint density at radius 3 is 2.40 bits per heavy atom. The topological polar surface area (TPSA) is 152 Å². The van der Waals surface area contributed by atoms with Crippen LogP contribution in [0.2, 0.25) is 0 Å². The van der Waals surface area contributed by atoms with E-state index in [1.165, 1.54) is 31.7 Å². The normalized spacial score (nSPS) is 14.7. The number of carboxylic acid groups (broad SMARTS) is 1. The third-order valence-electron chi connectivity index (χ3n) is 5.47. The Hall–Kier alpha value is -3.48. The van der Waals surface area contributed by atoms with Gasteiger partial charge in [-0.25, -0.2) is 18.2 Å². The molecule has 0 unspecified atom stereocenters. The van der Waals surface area contributed by atoms with Gasteiger partial charge in [-0.2, -0.15) is 13.2 Å². The fraction of sp³-hybridized carbons (Fsp3) is 0.364. The van der Waals surface area contributed by atoms with Gasteiger partial charge in [-0.1, -0.05) is 19.3 Å². The molecule has 1 fully saturated rings. The Labute approximate surface area is 199 Å². The first-order chi connectivity index (χ1) is 16.4. The summed E-state index contributed by atoms with van der Waals surface area (Å²) in [5, 5.41) is 7.12. The van der Waals surface area contributed by atoms with Crippen molar-refractivity contribution in [3.63, 3.8) is 0 Å². The SMILES string of the molecule is CS(=O)(=O)c1cncc(-c2ccnc(-c3nc(C4CCCCC4)c(N)[nH]3)c2)c1.O=C(O)C(F)(F)F. The number of hydrogen-bond donors (Lipinski definition) is 3. The minimum absolute atomic E-state index is 0.185. The molecule has 0 atom stereocenters. The lowest BCUT2D eigenvalue weighted by Crippen LogP contribution is -2.21. The number of nitrogen functional groups attached to an aromatic ring is 1. The molecule has 4 rings (SSSR count). The number of sulfone groups is 1. The van der Waals surface area contributed by atoms with Crippen molar-refractivity contribution in [2.45, 2.75) is 49.1 Å². The van der Waals surface area contributed by atoms with Gasteiger partial charge in [0.25, 0.3) is 0 Å². The molecule has 0 aromatic carbocycles. The van der Waals surface area contributed by atoms with Crippen LogP contribution in [0.3, 0.4) is 0 Å². The number of H-pyrrole nitrogens is 1. The molecule has 3 aromatic rings. The van der Waals surface area contributed by atoms with Gasteiger partial charge in [0.1, 0.15) is 11.5 Å². The summed E-state index contributed by atoms with van der Waals surface area (Å²) in [6.07, 6.45) is 6.69. The minimum Gasteiger partial charge on any atom is -0.475 e. The Morgan fingerprint density at radius 1 is 1.14 bits per heavy atom. The summed E-state index contributed by atoms with van der Waals surface area (Å²) in [4.78, 5) is 25.5. The van der Waals surface area contributed by atoms with Crippen LogP contribution in [0.5, 0.6) is 0 Å². The Morgan fingerprint density at radius 2 is 1.80 bits per heavy atom. The standard InChI is InChI=1S/C20H23N5O2S.C2HF3O2/c1-28(26,27)16-9-15(11-22-12-16)14-7-8-23-17(10-14)20-24-18(19(21)25-20)13-5-3-2-4-6-13;3-2(4,5)1(6)7/h7-13H,2-6,21H2,1H3,(H,24,25);(H,6,7). The van der Waals surface area contributed by atoms with E-state index in [0.717, 1.165) is 24.1 Å². The van der Waals surface area contributed by atoms with Gasteiger partial charge in [0, 0.05) is 36.3 Å². The van der Waals surface area contributed by atoms with Crippen molar-refractivity contribution in [3.05, 3.63) is 42.5 Å². The summed E-state index contributed by atoms with van der Waals surface area (Å²) < 4.78 is 55.4. The number of aromatic amines is 1. The number of hydrogen-bond acceptors (Lipinski definition) is 7. The van der Waals surface area contributed by atoms with E-state index >= 15 is 0 Å². The van der Waals surface area contributed by atoms with Crippen LogP contribution in [-0.4, -0.2) is 51.9 Å². The number of aliphatic carboxylic acids is 1. The highest BCUT2D eigenvalue weighted by Gasteiger charge is 2.38. The van der Waals surface area contributed by atoms with Crippen LogP contribution in [0.4, 0.5) is 19.0 Å². The van der Waals surface area contributed by atoms with E-state index < -0.39 is 22.0 Å². The smallest absolute Gasteiger partial charge is 0.475 e. The lowest BCUT2D eigenvalue weighted by atomic mass is 9.87. The van der Waals surface area contributed by atoms with E-state index in [4.69, 9.17) is 20.6 Å². The average molecular weight is 512 g/mol. The largest absolute Gasteiger partial charge is 0.490 e. The third kappa shape index (κ3) is 6.78. The van der Waals surface area contributed by atoms with Gasteiger partial charge >= 0.3 is 12.1 Å². The number of pyridine rings is 2. The number of alkyl halides is 3.